The SMILES string of the molecule is C=CCn1c(CCc2ccccc2)nnc1SCC(=O)Nc1ccccc1[N+](=O)[O-]. The quantitative estimate of drug-likeness (QED) is 0.230. The van der Waals surface area contributed by atoms with E-state index in [2.05, 4.69) is 34.2 Å². The molecule has 0 unspecified atom stereocenters. The van der Waals surface area contributed by atoms with E-state index in [4.69, 9.17) is 0 Å². The Morgan fingerprint density at radius 1 is 1.13 bits per heavy atom. The van der Waals surface area contributed by atoms with E-state index in [0.717, 1.165) is 12.2 Å². The molecule has 30 heavy (non-hydrogen) atoms. The summed E-state index contributed by atoms with van der Waals surface area (Å²) in [6.45, 7) is 4.32. The van der Waals surface area contributed by atoms with Gasteiger partial charge < -0.3 is 9.88 Å². The van der Waals surface area contributed by atoms with E-state index in [1.165, 1.54) is 29.5 Å². The highest BCUT2D eigenvalue weighted by atomic mass is 32.2. The minimum Gasteiger partial charge on any atom is -0.320 e. The molecule has 0 bridgehead atoms. The van der Waals surface area contributed by atoms with Crippen LogP contribution in [0.15, 0.2) is 72.4 Å². The lowest BCUT2D eigenvalue weighted by Crippen LogP contribution is -2.15. The van der Waals surface area contributed by atoms with Crippen molar-refractivity contribution in [2.45, 2.75) is 24.5 Å². The molecule has 0 radical (unpaired) electrons. The maximum Gasteiger partial charge on any atom is 0.292 e. The van der Waals surface area contributed by atoms with Crippen LogP contribution >= 0.6 is 11.8 Å². The average molecular weight is 423 g/mol. The molecule has 0 atom stereocenters. The Balaban J connectivity index is 1.63. The van der Waals surface area contributed by atoms with Crippen LogP contribution in [0, 0.1) is 10.1 Å². The van der Waals surface area contributed by atoms with Gasteiger partial charge in [0.05, 0.1) is 10.7 Å². The van der Waals surface area contributed by atoms with Crippen molar-refractivity contribution in [2.24, 2.45) is 0 Å². The van der Waals surface area contributed by atoms with Gasteiger partial charge in [0.15, 0.2) is 5.16 Å². The van der Waals surface area contributed by atoms with Gasteiger partial charge in [0.1, 0.15) is 11.5 Å². The van der Waals surface area contributed by atoms with E-state index in [1.807, 2.05) is 22.8 Å². The number of aromatic nitrogens is 3. The van der Waals surface area contributed by atoms with E-state index in [-0.39, 0.29) is 23.0 Å². The highest BCUT2D eigenvalue weighted by molar-refractivity contribution is 7.99. The number of allylic oxidation sites excluding steroid dienone is 1. The molecule has 1 N–H and O–H groups in total. The summed E-state index contributed by atoms with van der Waals surface area (Å²) in [6.07, 6.45) is 3.31. The molecule has 0 fully saturated rings. The van der Waals surface area contributed by atoms with Crippen LogP contribution in [0.25, 0.3) is 0 Å². The molecule has 1 heterocycles. The molecule has 0 saturated carbocycles. The number of rotatable bonds is 10. The fraction of sp³-hybridized carbons (Fsp3) is 0.190. The molecule has 0 saturated heterocycles. The number of carbonyl (C=O) groups is 1. The Labute approximate surface area is 178 Å². The zero-order valence-electron chi connectivity index (χ0n) is 16.2. The molecule has 1 aromatic heterocycles. The number of carbonyl (C=O) groups excluding carboxylic acids is 1. The number of anilines is 1. The van der Waals surface area contributed by atoms with Gasteiger partial charge in [-0.2, -0.15) is 0 Å². The number of hydrogen-bond acceptors (Lipinski definition) is 6. The van der Waals surface area contributed by atoms with Gasteiger partial charge in [0.2, 0.25) is 5.91 Å². The number of amides is 1. The van der Waals surface area contributed by atoms with Crippen molar-refractivity contribution < 1.29 is 9.72 Å². The lowest BCUT2D eigenvalue weighted by molar-refractivity contribution is -0.383. The van der Waals surface area contributed by atoms with Crippen LogP contribution in [-0.4, -0.2) is 31.3 Å². The molecular formula is C21H21N5O3S. The number of hydrogen-bond donors (Lipinski definition) is 1. The van der Waals surface area contributed by atoms with Gasteiger partial charge in [0, 0.05) is 19.0 Å². The van der Waals surface area contributed by atoms with Crippen LogP contribution in [0.3, 0.4) is 0 Å². The second-order valence-corrected chi connectivity index (χ2v) is 7.34. The first kappa shape index (κ1) is 21.3. The monoisotopic (exact) mass is 423 g/mol. The third-order valence-corrected chi connectivity index (χ3v) is 5.26. The van der Waals surface area contributed by atoms with Crippen molar-refractivity contribution in [2.75, 3.05) is 11.1 Å². The number of aryl methyl sites for hydroxylation is 2. The molecule has 0 aliphatic carbocycles. The molecular weight excluding hydrogens is 402 g/mol. The summed E-state index contributed by atoms with van der Waals surface area (Å²) in [4.78, 5) is 22.9. The summed E-state index contributed by atoms with van der Waals surface area (Å²) in [7, 11) is 0. The predicted molar refractivity (Wildman–Crippen MR) is 117 cm³/mol. The Bertz CT molecular complexity index is 1040. The zero-order chi connectivity index (χ0) is 21.3. The lowest BCUT2D eigenvalue weighted by atomic mass is 10.1. The first-order valence-electron chi connectivity index (χ1n) is 9.31. The number of nitro groups is 1. The maximum atomic E-state index is 12.3. The van der Waals surface area contributed by atoms with Crippen molar-refractivity contribution in [1.29, 1.82) is 0 Å². The second kappa shape index (κ2) is 10.4. The molecule has 1 amide bonds. The molecule has 154 valence electrons. The van der Waals surface area contributed by atoms with Gasteiger partial charge in [-0.05, 0) is 18.1 Å². The first-order chi connectivity index (χ1) is 14.6. The minimum atomic E-state index is -0.525. The molecule has 3 aromatic rings. The van der Waals surface area contributed by atoms with Gasteiger partial charge >= 0.3 is 0 Å². The molecule has 0 aliphatic heterocycles. The van der Waals surface area contributed by atoms with E-state index in [0.29, 0.717) is 18.1 Å². The third-order valence-electron chi connectivity index (χ3n) is 4.29. The van der Waals surface area contributed by atoms with Crippen molar-refractivity contribution >= 4 is 29.0 Å². The number of para-hydroxylation sites is 2. The van der Waals surface area contributed by atoms with Crippen LogP contribution in [0.5, 0.6) is 0 Å². The minimum absolute atomic E-state index is 0.0556. The molecule has 2 aromatic carbocycles. The zero-order valence-corrected chi connectivity index (χ0v) is 17.0. The number of nitrogens with zero attached hydrogens (tertiary/aromatic N) is 4. The fourth-order valence-corrected chi connectivity index (χ4v) is 3.65. The first-order valence-corrected chi connectivity index (χ1v) is 10.3. The standard InChI is InChI=1S/C21H21N5O3S/c1-2-14-25-19(13-12-16-8-4-3-5-9-16)23-24-21(25)30-15-20(27)22-17-10-6-7-11-18(17)26(28)29/h2-11H,1,12-15H2,(H,22,27). The van der Waals surface area contributed by atoms with Crippen molar-refractivity contribution in [1.82, 2.24) is 14.8 Å². The summed E-state index contributed by atoms with van der Waals surface area (Å²) >= 11 is 1.23. The molecule has 0 aliphatic rings. The van der Waals surface area contributed by atoms with E-state index in [1.54, 1.807) is 18.2 Å². The maximum absolute atomic E-state index is 12.3. The van der Waals surface area contributed by atoms with Crippen molar-refractivity contribution in [3.63, 3.8) is 0 Å². The van der Waals surface area contributed by atoms with Gasteiger partial charge in [0.25, 0.3) is 5.69 Å². The molecule has 0 spiro atoms. The highest BCUT2D eigenvalue weighted by Gasteiger charge is 2.17. The number of benzene rings is 2. The summed E-state index contributed by atoms with van der Waals surface area (Å²) in [5, 5.41) is 22.8. The molecule has 3 rings (SSSR count). The number of thioether (sulfide) groups is 1. The van der Waals surface area contributed by atoms with Crippen molar-refractivity contribution in [3.05, 3.63) is 88.8 Å². The Kier molecular flexibility index (Phi) is 7.34. The van der Waals surface area contributed by atoms with Crippen LogP contribution < -0.4 is 5.32 Å². The van der Waals surface area contributed by atoms with Gasteiger partial charge in [-0.25, -0.2) is 0 Å². The second-order valence-electron chi connectivity index (χ2n) is 6.39. The summed E-state index contributed by atoms with van der Waals surface area (Å²) in [5.74, 6) is 0.522. The van der Waals surface area contributed by atoms with Crippen LogP contribution in [0.4, 0.5) is 11.4 Å². The number of nitro benzene ring substituents is 1. The Morgan fingerprint density at radius 3 is 2.60 bits per heavy atom. The normalized spacial score (nSPS) is 10.5. The lowest BCUT2D eigenvalue weighted by Gasteiger charge is -2.08. The van der Waals surface area contributed by atoms with Crippen molar-refractivity contribution in [3.8, 4) is 0 Å². The number of nitrogens with one attached hydrogen (secondary N) is 1. The predicted octanol–water partition coefficient (Wildman–Crippen LogP) is 3.89. The summed E-state index contributed by atoms with van der Waals surface area (Å²) < 4.78 is 1.93. The smallest absolute Gasteiger partial charge is 0.292 e. The molecule has 9 heteroatoms. The van der Waals surface area contributed by atoms with Gasteiger partial charge in [-0.3, -0.25) is 14.9 Å². The van der Waals surface area contributed by atoms with Crippen LogP contribution in [-0.2, 0) is 24.2 Å². The largest absolute Gasteiger partial charge is 0.320 e. The van der Waals surface area contributed by atoms with E-state index in [9.17, 15) is 14.9 Å². The van der Waals surface area contributed by atoms with E-state index < -0.39 is 4.92 Å². The van der Waals surface area contributed by atoms with Crippen LogP contribution in [0.1, 0.15) is 11.4 Å². The summed E-state index contributed by atoms with van der Waals surface area (Å²) in [5.41, 5.74) is 1.24. The topological polar surface area (TPSA) is 103 Å². The van der Waals surface area contributed by atoms with Gasteiger partial charge in [-0.1, -0.05) is 60.3 Å². The Morgan fingerprint density at radius 2 is 1.87 bits per heavy atom. The van der Waals surface area contributed by atoms with Gasteiger partial charge in [-0.15, -0.1) is 16.8 Å². The van der Waals surface area contributed by atoms with E-state index >= 15 is 0 Å². The molecule has 8 nitrogen and oxygen atoms in total. The average Bonchev–Trinajstić information content (AvgIpc) is 3.13. The fourth-order valence-electron chi connectivity index (χ4n) is 2.88. The van der Waals surface area contributed by atoms with Crippen LogP contribution in [0.2, 0.25) is 0 Å². The third kappa shape index (κ3) is 5.54. The highest BCUT2D eigenvalue weighted by Crippen LogP contribution is 2.24. The Hall–Kier alpha value is -3.46. The summed E-state index contributed by atoms with van der Waals surface area (Å²) in [6, 6.07) is 16.2.